The maximum absolute atomic E-state index is 12.0. The summed E-state index contributed by atoms with van der Waals surface area (Å²) in [6, 6.07) is 14.6. The molecular weight excluding hydrogens is 424 g/mol. The Morgan fingerprint density at radius 3 is 2.50 bits per heavy atom. The van der Waals surface area contributed by atoms with Gasteiger partial charge in [-0.15, -0.1) is 0 Å². The molecule has 0 radical (unpaired) electrons. The lowest BCUT2D eigenvalue weighted by Crippen LogP contribution is -2.29. The lowest BCUT2D eigenvalue weighted by atomic mass is 9.92. The first-order chi connectivity index (χ1) is 15.2. The second kappa shape index (κ2) is 8.75. The highest BCUT2D eigenvalue weighted by Gasteiger charge is 2.50. The molecule has 0 aromatic heterocycles. The predicted octanol–water partition coefficient (Wildman–Crippen LogP) is 2.16. The maximum atomic E-state index is 12.0. The predicted molar refractivity (Wildman–Crippen MR) is 129 cm³/mol. The number of hydrogen-bond acceptors (Lipinski definition) is 5. The van der Waals surface area contributed by atoms with Crippen LogP contribution in [0, 0.1) is 0 Å². The largest absolute Gasteiger partial charge is 0.370 e. The number of rotatable bonds is 9. The Bertz CT molecular complexity index is 1110. The van der Waals surface area contributed by atoms with Gasteiger partial charge in [0.05, 0.1) is 17.4 Å². The number of benzene rings is 2. The molecule has 1 aliphatic heterocycles. The van der Waals surface area contributed by atoms with Gasteiger partial charge >= 0.3 is 0 Å². The molecule has 1 heterocycles. The van der Waals surface area contributed by atoms with Crippen LogP contribution in [0.25, 0.3) is 0 Å². The van der Waals surface area contributed by atoms with Crippen LogP contribution in [0.15, 0.2) is 42.5 Å². The van der Waals surface area contributed by atoms with Crippen LogP contribution >= 0.6 is 0 Å². The number of nitrogens with zero attached hydrogens (tertiary/aromatic N) is 1. The van der Waals surface area contributed by atoms with Crippen LogP contribution < -0.4 is 20.7 Å². The van der Waals surface area contributed by atoms with Gasteiger partial charge in [-0.3, -0.25) is 9.52 Å². The van der Waals surface area contributed by atoms with E-state index in [2.05, 4.69) is 33.1 Å². The summed E-state index contributed by atoms with van der Waals surface area (Å²) < 4.78 is 26.7. The Labute approximate surface area is 190 Å². The van der Waals surface area contributed by atoms with Crippen molar-refractivity contribution < 1.29 is 13.2 Å². The SMILES string of the molecule is CN[C@H]1CCN(c2ccccc2CCc2ccc(C3(C(N)=O)CC3)cc2NS(C)(=O)=O)C1. The number of nitrogens with one attached hydrogen (secondary N) is 2. The highest BCUT2D eigenvalue weighted by atomic mass is 32.2. The van der Waals surface area contributed by atoms with Crippen molar-refractivity contribution in [3.63, 3.8) is 0 Å². The molecule has 172 valence electrons. The lowest BCUT2D eigenvalue weighted by Gasteiger charge is -2.22. The van der Waals surface area contributed by atoms with Gasteiger partial charge in [0.1, 0.15) is 0 Å². The van der Waals surface area contributed by atoms with Gasteiger partial charge in [0, 0.05) is 24.8 Å². The molecule has 1 amide bonds. The van der Waals surface area contributed by atoms with Gasteiger partial charge in [-0.1, -0.05) is 30.3 Å². The van der Waals surface area contributed by atoms with Crippen molar-refractivity contribution in [1.82, 2.24) is 5.32 Å². The van der Waals surface area contributed by atoms with E-state index in [9.17, 15) is 13.2 Å². The maximum Gasteiger partial charge on any atom is 0.229 e. The molecule has 4 N–H and O–H groups in total. The first kappa shape index (κ1) is 22.6. The van der Waals surface area contributed by atoms with Gasteiger partial charge in [0.25, 0.3) is 0 Å². The zero-order chi connectivity index (χ0) is 22.9. The minimum atomic E-state index is -3.46. The fraction of sp³-hybridized carbons (Fsp3) is 0.458. The van der Waals surface area contributed by atoms with Crippen LogP contribution in [0.5, 0.6) is 0 Å². The van der Waals surface area contributed by atoms with E-state index in [4.69, 9.17) is 5.73 Å². The van der Waals surface area contributed by atoms with Gasteiger partial charge in [0.2, 0.25) is 15.9 Å². The first-order valence-electron chi connectivity index (χ1n) is 11.1. The zero-order valence-electron chi connectivity index (χ0n) is 18.7. The third-order valence-electron chi connectivity index (χ3n) is 6.77. The summed E-state index contributed by atoms with van der Waals surface area (Å²) in [4.78, 5) is 14.4. The molecule has 0 unspecified atom stereocenters. The third kappa shape index (κ3) is 4.76. The van der Waals surface area contributed by atoms with Crippen molar-refractivity contribution in [3.8, 4) is 0 Å². The van der Waals surface area contributed by atoms with Crippen molar-refractivity contribution in [2.45, 2.75) is 43.6 Å². The van der Waals surface area contributed by atoms with Crippen LogP contribution in [-0.4, -0.2) is 46.8 Å². The van der Waals surface area contributed by atoms with Crippen LogP contribution in [0.2, 0.25) is 0 Å². The highest BCUT2D eigenvalue weighted by Crippen LogP contribution is 2.48. The molecule has 2 aliphatic rings. The number of anilines is 2. The van der Waals surface area contributed by atoms with Gasteiger partial charge in [-0.2, -0.15) is 0 Å². The summed E-state index contributed by atoms with van der Waals surface area (Å²) in [5, 5.41) is 3.36. The molecule has 0 spiro atoms. The fourth-order valence-electron chi connectivity index (χ4n) is 4.70. The van der Waals surface area contributed by atoms with Gasteiger partial charge in [-0.05, 0) is 68.0 Å². The molecule has 2 aromatic rings. The van der Waals surface area contributed by atoms with Crippen molar-refractivity contribution in [2.75, 3.05) is 36.0 Å². The van der Waals surface area contributed by atoms with E-state index in [-0.39, 0.29) is 5.91 Å². The number of carbonyl (C=O) groups excluding carboxylic acids is 1. The fourth-order valence-corrected chi connectivity index (χ4v) is 5.29. The Balaban J connectivity index is 1.58. The van der Waals surface area contributed by atoms with E-state index in [0.29, 0.717) is 31.0 Å². The Morgan fingerprint density at radius 2 is 1.88 bits per heavy atom. The molecule has 8 heteroatoms. The van der Waals surface area contributed by atoms with E-state index in [1.54, 1.807) is 6.07 Å². The quantitative estimate of drug-likeness (QED) is 0.536. The second-order valence-electron chi connectivity index (χ2n) is 9.04. The van der Waals surface area contributed by atoms with E-state index in [1.165, 1.54) is 11.3 Å². The molecule has 0 bridgehead atoms. The molecule has 1 saturated carbocycles. The summed E-state index contributed by atoms with van der Waals surface area (Å²) in [5.74, 6) is -0.352. The molecule has 1 aliphatic carbocycles. The van der Waals surface area contributed by atoms with E-state index < -0.39 is 15.4 Å². The monoisotopic (exact) mass is 456 g/mol. The van der Waals surface area contributed by atoms with Crippen LogP contribution in [0.1, 0.15) is 36.0 Å². The summed E-state index contributed by atoms with van der Waals surface area (Å²) in [6.45, 7) is 2.01. The molecule has 1 saturated heterocycles. The molecule has 2 aromatic carbocycles. The highest BCUT2D eigenvalue weighted by molar-refractivity contribution is 7.92. The molecule has 4 rings (SSSR count). The Kier molecular flexibility index (Phi) is 6.18. The molecule has 2 fully saturated rings. The average molecular weight is 457 g/mol. The second-order valence-corrected chi connectivity index (χ2v) is 10.8. The van der Waals surface area contributed by atoms with Gasteiger partial charge in [-0.25, -0.2) is 8.42 Å². The van der Waals surface area contributed by atoms with Crippen molar-refractivity contribution >= 4 is 27.3 Å². The topological polar surface area (TPSA) is 105 Å². The Hall–Kier alpha value is -2.58. The number of primary amides is 1. The number of carbonyl (C=O) groups is 1. The summed E-state index contributed by atoms with van der Waals surface area (Å²) in [5.41, 5.74) is 9.68. The number of nitrogens with two attached hydrogens (primary N) is 1. The van der Waals surface area contributed by atoms with Gasteiger partial charge < -0.3 is 16.0 Å². The number of para-hydroxylation sites is 1. The number of likely N-dealkylation sites (N-methyl/N-ethyl adjacent to an activating group) is 1. The van der Waals surface area contributed by atoms with E-state index in [1.807, 2.05) is 25.2 Å². The minimum absolute atomic E-state index is 0.352. The summed E-state index contributed by atoms with van der Waals surface area (Å²) in [7, 11) is -1.45. The standard InChI is InChI=1S/C24H32N4O3S/c1-26-20-11-14-28(16-20)22-6-4-3-5-18(22)8-7-17-9-10-19(24(12-13-24)23(25)29)15-21(17)27-32(2,30)31/h3-6,9-10,15,20,26-27H,7-8,11-14,16H2,1-2H3,(H2,25,29)/t20-/m0/s1. The Morgan fingerprint density at radius 1 is 1.16 bits per heavy atom. The number of amides is 1. The number of aryl methyl sites for hydroxylation is 2. The van der Waals surface area contributed by atoms with Crippen LogP contribution in [-0.2, 0) is 33.1 Å². The molecule has 1 atom stereocenters. The summed E-state index contributed by atoms with van der Waals surface area (Å²) in [6.07, 6.45) is 5.15. The molecule has 7 nitrogen and oxygen atoms in total. The normalized spacial score (nSPS) is 19.7. The van der Waals surface area contributed by atoms with Gasteiger partial charge in [0.15, 0.2) is 0 Å². The third-order valence-corrected chi connectivity index (χ3v) is 7.36. The van der Waals surface area contributed by atoms with E-state index in [0.717, 1.165) is 43.3 Å². The number of sulfonamides is 1. The zero-order valence-corrected chi connectivity index (χ0v) is 19.5. The minimum Gasteiger partial charge on any atom is -0.370 e. The first-order valence-corrected chi connectivity index (χ1v) is 13.0. The molecular formula is C24H32N4O3S. The average Bonchev–Trinajstić information content (AvgIpc) is 3.43. The molecule has 32 heavy (non-hydrogen) atoms. The van der Waals surface area contributed by atoms with Crippen molar-refractivity contribution in [3.05, 3.63) is 59.2 Å². The summed E-state index contributed by atoms with van der Waals surface area (Å²) >= 11 is 0. The van der Waals surface area contributed by atoms with Crippen molar-refractivity contribution in [2.24, 2.45) is 5.73 Å². The van der Waals surface area contributed by atoms with E-state index >= 15 is 0 Å². The van der Waals surface area contributed by atoms with Crippen LogP contribution in [0.3, 0.4) is 0 Å². The lowest BCUT2D eigenvalue weighted by molar-refractivity contribution is -0.120. The smallest absolute Gasteiger partial charge is 0.229 e. The number of hydrogen-bond donors (Lipinski definition) is 3. The van der Waals surface area contributed by atoms with Crippen molar-refractivity contribution in [1.29, 1.82) is 0 Å². The van der Waals surface area contributed by atoms with Crippen LogP contribution in [0.4, 0.5) is 11.4 Å².